The van der Waals surface area contributed by atoms with Gasteiger partial charge in [0.2, 0.25) is 0 Å². The molecule has 1 heterocycles. The molecule has 0 radical (unpaired) electrons. The van der Waals surface area contributed by atoms with Gasteiger partial charge in [0.25, 0.3) is 5.91 Å². The van der Waals surface area contributed by atoms with Gasteiger partial charge in [-0.25, -0.2) is 0 Å². The van der Waals surface area contributed by atoms with Crippen LogP contribution in [0.5, 0.6) is 0 Å². The Morgan fingerprint density at radius 1 is 0.800 bits per heavy atom. The van der Waals surface area contributed by atoms with Gasteiger partial charge >= 0.3 is 0 Å². The van der Waals surface area contributed by atoms with Crippen LogP contribution in [-0.2, 0) is 0 Å². The van der Waals surface area contributed by atoms with Crippen molar-refractivity contribution in [2.75, 3.05) is 0 Å². The summed E-state index contributed by atoms with van der Waals surface area (Å²) in [6, 6.07) is 27.3. The van der Waals surface area contributed by atoms with E-state index in [2.05, 4.69) is 16.4 Å². The molecule has 0 aliphatic rings. The number of rotatable bonds is 4. The Balaban J connectivity index is 1.76. The van der Waals surface area contributed by atoms with Crippen molar-refractivity contribution in [1.82, 2.24) is 10.3 Å². The topological polar surface area (TPSA) is 44.9 Å². The Labute approximate surface area is 146 Å². The van der Waals surface area contributed by atoms with Gasteiger partial charge < -0.3 is 10.3 Å². The van der Waals surface area contributed by atoms with Crippen molar-refractivity contribution in [2.45, 2.75) is 6.04 Å². The summed E-state index contributed by atoms with van der Waals surface area (Å²) < 4.78 is 0. The molecule has 1 atom stereocenters. The molecule has 1 aromatic heterocycles. The highest BCUT2D eigenvalue weighted by Crippen LogP contribution is 2.29. The highest BCUT2D eigenvalue weighted by atomic mass is 16.1. The molecule has 1 amide bonds. The molecule has 0 aliphatic carbocycles. The molecule has 4 rings (SSSR count). The minimum absolute atomic E-state index is 0.0836. The number of hydrogen-bond donors (Lipinski definition) is 2. The number of para-hydroxylation sites is 1. The molecule has 25 heavy (non-hydrogen) atoms. The van der Waals surface area contributed by atoms with Crippen LogP contribution in [0.15, 0.2) is 91.1 Å². The van der Waals surface area contributed by atoms with Gasteiger partial charge in [-0.15, -0.1) is 0 Å². The fourth-order valence-corrected chi connectivity index (χ4v) is 3.12. The lowest BCUT2D eigenvalue weighted by Gasteiger charge is -2.19. The van der Waals surface area contributed by atoms with Gasteiger partial charge in [-0.2, -0.15) is 0 Å². The first kappa shape index (κ1) is 15.2. The van der Waals surface area contributed by atoms with E-state index in [0.717, 1.165) is 22.0 Å². The Kier molecular flexibility index (Phi) is 4.05. The summed E-state index contributed by atoms with van der Waals surface area (Å²) in [7, 11) is 0. The van der Waals surface area contributed by atoms with Crippen LogP contribution in [0.2, 0.25) is 0 Å². The number of aromatic amines is 1. The fraction of sp³-hybridized carbons (Fsp3) is 0.0455. The Morgan fingerprint density at radius 2 is 1.44 bits per heavy atom. The summed E-state index contributed by atoms with van der Waals surface area (Å²) >= 11 is 0. The van der Waals surface area contributed by atoms with Crippen LogP contribution >= 0.6 is 0 Å². The van der Waals surface area contributed by atoms with E-state index in [1.165, 1.54) is 0 Å². The quantitative estimate of drug-likeness (QED) is 0.561. The van der Waals surface area contributed by atoms with Crippen molar-refractivity contribution in [3.8, 4) is 0 Å². The number of hydrogen-bond acceptors (Lipinski definition) is 1. The maximum Gasteiger partial charge on any atom is 0.252 e. The predicted octanol–water partition coefficient (Wildman–Crippen LogP) is 4.69. The molecule has 0 fully saturated rings. The van der Waals surface area contributed by atoms with Crippen LogP contribution in [0.3, 0.4) is 0 Å². The van der Waals surface area contributed by atoms with Crippen LogP contribution < -0.4 is 5.32 Å². The van der Waals surface area contributed by atoms with Gasteiger partial charge in [-0.3, -0.25) is 4.79 Å². The van der Waals surface area contributed by atoms with Crippen molar-refractivity contribution < 1.29 is 4.79 Å². The van der Waals surface area contributed by atoms with E-state index < -0.39 is 0 Å². The van der Waals surface area contributed by atoms with Crippen LogP contribution in [0.25, 0.3) is 10.9 Å². The van der Waals surface area contributed by atoms with Crippen molar-refractivity contribution in [2.24, 2.45) is 0 Å². The zero-order valence-corrected chi connectivity index (χ0v) is 13.6. The fourth-order valence-electron chi connectivity index (χ4n) is 3.12. The molecule has 3 heteroatoms. The second-order valence-corrected chi connectivity index (χ2v) is 5.97. The van der Waals surface area contributed by atoms with Crippen molar-refractivity contribution >= 4 is 16.8 Å². The maximum atomic E-state index is 12.7. The molecule has 3 nitrogen and oxygen atoms in total. The molecule has 2 N–H and O–H groups in total. The maximum absolute atomic E-state index is 12.7. The molecule has 4 aromatic rings. The standard InChI is InChI=1S/C22H18N2O/c25-22(17-11-5-2-6-12-17)24-21(16-9-3-1-4-10-16)19-15-23-20-14-8-7-13-18(19)20/h1-15,21,23H,(H,24,25)/t21-/m1/s1. The third-order valence-electron chi connectivity index (χ3n) is 4.38. The van der Waals surface area contributed by atoms with Gasteiger partial charge in [0.05, 0.1) is 6.04 Å². The lowest BCUT2D eigenvalue weighted by atomic mass is 9.97. The van der Waals surface area contributed by atoms with Crippen molar-refractivity contribution in [1.29, 1.82) is 0 Å². The van der Waals surface area contributed by atoms with Gasteiger partial charge in [-0.1, -0.05) is 66.7 Å². The lowest BCUT2D eigenvalue weighted by molar-refractivity contribution is 0.0943. The van der Waals surface area contributed by atoms with Crippen molar-refractivity contribution in [3.05, 3.63) is 108 Å². The van der Waals surface area contributed by atoms with Crippen LogP contribution in [0.1, 0.15) is 27.5 Å². The second-order valence-electron chi connectivity index (χ2n) is 5.97. The Hall–Kier alpha value is -3.33. The number of H-pyrrole nitrogens is 1. The van der Waals surface area contributed by atoms with E-state index in [9.17, 15) is 4.79 Å². The zero-order chi connectivity index (χ0) is 17.1. The molecule has 3 aromatic carbocycles. The van der Waals surface area contributed by atoms with Crippen LogP contribution in [0, 0.1) is 0 Å². The second kappa shape index (κ2) is 6.65. The summed E-state index contributed by atoms with van der Waals surface area (Å²) in [5, 5.41) is 4.30. The molecule has 0 spiro atoms. The summed E-state index contributed by atoms with van der Waals surface area (Å²) in [6.07, 6.45) is 1.98. The monoisotopic (exact) mass is 326 g/mol. The van der Waals surface area contributed by atoms with E-state index in [1.807, 2.05) is 85.1 Å². The normalized spacial score (nSPS) is 12.0. The molecule has 0 saturated carbocycles. The van der Waals surface area contributed by atoms with Crippen molar-refractivity contribution in [3.63, 3.8) is 0 Å². The molecule has 122 valence electrons. The van der Waals surface area contributed by atoms with E-state index in [1.54, 1.807) is 0 Å². The molecule has 0 unspecified atom stereocenters. The number of fused-ring (bicyclic) bond motifs is 1. The summed E-state index contributed by atoms with van der Waals surface area (Å²) in [5.41, 5.74) is 3.83. The third kappa shape index (κ3) is 3.04. The summed E-state index contributed by atoms with van der Waals surface area (Å²) in [4.78, 5) is 16.0. The molecule has 0 bridgehead atoms. The Bertz CT molecular complexity index is 990. The molecule has 0 saturated heterocycles. The predicted molar refractivity (Wildman–Crippen MR) is 100 cm³/mol. The molecular weight excluding hydrogens is 308 g/mol. The minimum atomic E-state index is -0.218. The number of carbonyl (C=O) groups is 1. The molecule has 0 aliphatic heterocycles. The van der Waals surface area contributed by atoms with E-state index in [4.69, 9.17) is 0 Å². The minimum Gasteiger partial charge on any atom is -0.361 e. The van der Waals surface area contributed by atoms with Gasteiger partial charge in [-0.05, 0) is 23.8 Å². The zero-order valence-electron chi connectivity index (χ0n) is 13.6. The number of amides is 1. The summed E-state index contributed by atoms with van der Waals surface area (Å²) in [6.45, 7) is 0. The van der Waals surface area contributed by atoms with E-state index in [-0.39, 0.29) is 11.9 Å². The van der Waals surface area contributed by atoms with Crippen LogP contribution in [-0.4, -0.2) is 10.9 Å². The highest BCUT2D eigenvalue weighted by Gasteiger charge is 2.20. The van der Waals surface area contributed by atoms with Gasteiger partial charge in [0.1, 0.15) is 0 Å². The van der Waals surface area contributed by atoms with E-state index in [0.29, 0.717) is 5.56 Å². The smallest absolute Gasteiger partial charge is 0.252 e. The first-order valence-electron chi connectivity index (χ1n) is 8.30. The first-order valence-corrected chi connectivity index (χ1v) is 8.30. The number of aromatic nitrogens is 1. The number of nitrogens with one attached hydrogen (secondary N) is 2. The SMILES string of the molecule is O=C(N[C@H](c1ccccc1)c1c[nH]c2ccccc12)c1ccccc1. The van der Waals surface area contributed by atoms with E-state index >= 15 is 0 Å². The van der Waals surface area contributed by atoms with Crippen LogP contribution in [0.4, 0.5) is 0 Å². The first-order chi connectivity index (χ1) is 12.3. The Morgan fingerprint density at radius 3 is 2.20 bits per heavy atom. The lowest BCUT2D eigenvalue weighted by Crippen LogP contribution is -2.29. The highest BCUT2D eigenvalue weighted by molar-refractivity contribution is 5.95. The average Bonchev–Trinajstić information content (AvgIpc) is 3.11. The molecular formula is C22H18N2O. The van der Waals surface area contributed by atoms with Gasteiger partial charge in [0, 0.05) is 28.2 Å². The third-order valence-corrected chi connectivity index (χ3v) is 4.38. The largest absolute Gasteiger partial charge is 0.361 e. The summed E-state index contributed by atoms with van der Waals surface area (Å²) in [5.74, 6) is -0.0836. The average molecular weight is 326 g/mol. The van der Waals surface area contributed by atoms with Gasteiger partial charge in [0.15, 0.2) is 0 Å². The number of carbonyl (C=O) groups excluding carboxylic acids is 1. The number of benzene rings is 3.